The second kappa shape index (κ2) is 8.53. The Morgan fingerprint density at radius 3 is 2.70 bits per heavy atom. The second-order valence-electron chi connectivity index (χ2n) is 5.94. The first-order valence-electron chi connectivity index (χ1n) is 8.00. The molecule has 2 rings (SSSR count). The van der Waals surface area contributed by atoms with Gasteiger partial charge in [-0.1, -0.05) is 30.3 Å². The minimum absolute atomic E-state index is 0.0693. The first-order chi connectivity index (χ1) is 11.1. The zero-order chi connectivity index (χ0) is 16.5. The largest absolute Gasteiger partial charge is 0.373 e. The lowest BCUT2D eigenvalue weighted by Crippen LogP contribution is -2.47. The molecule has 0 saturated carbocycles. The van der Waals surface area contributed by atoms with Crippen molar-refractivity contribution in [3.8, 4) is 0 Å². The van der Waals surface area contributed by atoms with Crippen LogP contribution in [0.5, 0.6) is 0 Å². The molecule has 0 spiro atoms. The number of carbonyl (C=O) groups excluding carboxylic acids is 1. The van der Waals surface area contributed by atoms with Crippen LogP contribution in [0.1, 0.15) is 25.3 Å². The molecule has 126 valence electrons. The molecule has 0 radical (unpaired) electrons. The number of guanidine groups is 1. The van der Waals surface area contributed by atoms with Crippen molar-refractivity contribution in [2.45, 2.75) is 31.9 Å². The minimum atomic E-state index is -0.146. The first-order valence-corrected chi connectivity index (χ1v) is 8.00. The van der Waals surface area contributed by atoms with Crippen LogP contribution >= 0.6 is 0 Å². The van der Waals surface area contributed by atoms with Crippen LogP contribution in [0, 0.1) is 0 Å². The molecular formula is C17H26N4O2. The van der Waals surface area contributed by atoms with Gasteiger partial charge in [0.25, 0.3) is 0 Å². The standard InChI is InChI=1S/C17H26N4O2/c1-17(9-6-10-23-17)13-21-16(18-2)20-12-15(22)19-11-14-7-4-3-5-8-14/h3-5,7-8H,6,9-13H2,1-2H3,(H,19,22)(H2,18,20,21). The SMILES string of the molecule is CN=C(NCC(=O)NCc1ccccc1)NCC1(C)CCCO1. The van der Waals surface area contributed by atoms with Crippen LogP contribution in [0.2, 0.25) is 0 Å². The van der Waals surface area contributed by atoms with Gasteiger partial charge in [0, 0.05) is 26.7 Å². The summed E-state index contributed by atoms with van der Waals surface area (Å²) in [5.74, 6) is 0.539. The quantitative estimate of drug-likeness (QED) is 0.541. The van der Waals surface area contributed by atoms with Crippen molar-refractivity contribution in [3.63, 3.8) is 0 Å². The molecule has 3 N–H and O–H groups in total. The molecule has 1 fully saturated rings. The molecule has 6 nitrogen and oxygen atoms in total. The Morgan fingerprint density at radius 2 is 2.04 bits per heavy atom. The van der Waals surface area contributed by atoms with Gasteiger partial charge in [-0.2, -0.15) is 0 Å². The first kappa shape index (κ1) is 17.3. The molecule has 1 aliphatic rings. The number of benzene rings is 1. The van der Waals surface area contributed by atoms with Crippen LogP contribution in [0.3, 0.4) is 0 Å². The van der Waals surface area contributed by atoms with Gasteiger partial charge in [-0.15, -0.1) is 0 Å². The Kier molecular flexibility index (Phi) is 6.40. The van der Waals surface area contributed by atoms with Gasteiger partial charge >= 0.3 is 0 Å². The molecule has 1 heterocycles. The van der Waals surface area contributed by atoms with Gasteiger partial charge in [-0.05, 0) is 25.3 Å². The van der Waals surface area contributed by atoms with Crippen molar-refractivity contribution in [2.75, 3.05) is 26.7 Å². The molecule has 0 aromatic heterocycles. The number of hydrogen-bond acceptors (Lipinski definition) is 3. The van der Waals surface area contributed by atoms with E-state index in [0.29, 0.717) is 19.0 Å². The zero-order valence-electron chi connectivity index (χ0n) is 13.9. The molecule has 1 saturated heterocycles. The van der Waals surface area contributed by atoms with Crippen molar-refractivity contribution in [1.29, 1.82) is 0 Å². The van der Waals surface area contributed by atoms with Gasteiger partial charge in [-0.3, -0.25) is 9.79 Å². The van der Waals surface area contributed by atoms with Gasteiger partial charge in [0.1, 0.15) is 0 Å². The average Bonchev–Trinajstić information content (AvgIpc) is 3.01. The van der Waals surface area contributed by atoms with Crippen LogP contribution in [-0.2, 0) is 16.1 Å². The Labute approximate surface area is 137 Å². The van der Waals surface area contributed by atoms with Crippen LogP contribution in [-0.4, -0.2) is 44.2 Å². The molecule has 1 aliphatic heterocycles. The average molecular weight is 318 g/mol. The fraction of sp³-hybridized carbons (Fsp3) is 0.529. The predicted octanol–water partition coefficient (Wildman–Crippen LogP) is 1.04. The maximum atomic E-state index is 11.9. The van der Waals surface area contributed by atoms with Crippen LogP contribution in [0.15, 0.2) is 35.3 Å². The van der Waals surface area contributed by atoms with E-state index in [-0.39, 0.29) is 18.1 Å². The topological polar surface area (TPSA) is 74.8 Å². The van der Waals surface area contributed by atoms with Crippen molar-refractivity contribution in [1.82, 2.24) is 16.0 Å². The van der Waals surface area contributed by atoms with Crippen molar-refractivity contribution in [2.24, 2.45) is 4.99 Å². The van der Waals surface area contributed by atoms with Gasteiger partial charge in [0.15, 0.2) is 5.96 Å². The van der Waals surface area contributed by atoms with E-state index in [4.69, 9.17) is 4.74 Å². The number of carbonyl (C=O) groups is 1. The molecule has 0 bridgehead atoms. The number of nitrogens with one attached hydrogen (secondary N) is 3. The van der Waals surface area contributed by atoms with E-state index >= 15 is 0 Å². The molecule has 6 heteroatoms. The summed E-state index contributed by atoms with van der Waals surface area (Å²) in [5, 5.41) is 9.11. The van der Waals surface area contributed by atoms with Gasteiger partial charge in [-0.25, -0.2) is 0 Å². The molecule has 1 aromatic carbocycles. The van der Waals surface area contributed by atoms with Crippen molar-refractivity contribution in [3.05, 3.63) is 35.9 Å². The normalized spacial score (nSPS) is 21.0. The van der Waals surface area contributed by atoms with Gasteiger partial charge in [0.05, 0.1) is 12.1 Å². The number of amides is 1. The molecule has 1 amide bonds. The molecule has 1 unspecified atom stereocenters. The molecule has 1 atom stereocenters. The predicted molar refractivity (Wildman–Crippen MR) is 91.2 cm³/mol. The summed E-state index contributed by atoms with van der Waals surface area (Å²) in [6, 6.07) is 9.83. The van der Waals surface area contributed by atoms with E-state index in [0.717, 1.165) is 25.0 Å². The van der Waals surface area contributed by atoms with E-state index in [1.807, 2.05) is 30.3 Å². The Balaban J connectivity index is 1.67. The van der Waals surface area contributed by atoms with E-state index in [9.17, 15) is 4.79 Å². The lowest BCUT2D eigenvalue weighted by atomic mass is 10.0. The van der Waals surface area contributed by atoms with Gasteiger partial charge in [0.2, 0.25) is 5.91 Å². The maximum absolute atomic E-state index is 11.9. The summed E-state index contributed by atoms with van der Waals surface area (Å²) in [6.45, 7) is 4.29. The summed E-state index contributed by atoms with van der Waals surface area (Å²) in [5.41, 5.74) is 0.933. The highest BCUT2D eigenvalue weighted by Crippen LogP contribution is 2.23. The second-order valence-corrected chi connectivity index (χ2v) is 5.94. The summed E-state index contributed by atoms with van der Waals surface area (Å²) in [6.07, 6.45) is 2.13. The third kappa shape index (κ3) is 5.90. The van der Waals surface area contributed by atoms with E-state index in [1.54, 1.807) is 7.05 Å². The van der Waals surface area contributed by atoms with E-state index in [1.165, 1.54) is 0 Å². The van der Waals surface area contributed by atoms with Crippen molar-refractivity contribution < 1.29 is 9.53 Å². The van der Waals surface area contributed by atoms with Crippen LogP contribution < -0.4 is 16.0 Å². The summed E-state index contributed by atoms with van der Waals surface area (Å²) in [7, 11) is 1.69. The number of aliphatic imine (C=N–C) groups is 1. The lowest BCUT2D eigenvalue weighted by Gasteiger charge is -2.24. The highest BCUT2D eigenvalue weighted by Gasteiger charge is 2.29. The molecule has 1 aromatic rings. The lowest BCUT2D eigenvalue weighted by molar-refractivity contribution is -0.120. The smallest absolute Gasteiger partial charge is 0.239 e. The fourth-order valence-corrected chi connectivity index (χ4v) is 2.49. The third-order valence-corrected chi connectivity index (χ3v) is 3.90. The van der Waals surface area contributed by atoms with Gasteiger partial charge < -0.3 is 20.7 Å². The zero-order valence-corrected chi connectivity index (χ0v) is 13.9. The summed E-state index contributed by atoms with van der Waals surface area (Å²) < 4.78 is 5.72. The van der Waals surface area contributed by atoms with E-state index < -0.39 is 0 Å². The Bertz CT molecular complexity index is 525. The monoisotopic (exact) mass is 318 g/mol. The Hall–Kier alpha value is -2.08. The van der Waals surface area contributed by atoms with Crippen LogP contribution in [0.25, 0.3) is 0 Å². The van der Waals surface area contributed by atoms with E-state index in [2.05, 4.69) is 27.9 Å². The van der Waals surface area contributed by atoms with Crippen LogP contribution in [0.4, 0.5) is 0 Å². The maximum Gasteiger partial charge on any atom is 0.239 e. The van der Waals surface area contributed by atoms with Crippen molar-refractivity contribution >= 4 is 11.9 Å². The number of hydrogen-bond donors (Lipinski definition) is 3. The minimum Gasteiger partial charge on any atom is -0.373 e. The highest BCUT2D eigenvalue weighted by atomic mass is 16.5. The summed E-state index contributed by atoms with van der Waals surface area (Å²) in [4.78, 5) is 16.0. The molecule has 23 heavy (non-hydrogen) atoms. The summed E-state index contributed by atoms with van der Waals surface area (Å²) >= 11 is 0. The number of rotatable bonds is 6. The highest BCUT2D eigenvalue weighted by molar-refractivity contribution is 5.86. The third-order valence-electron chi connectivity index (χ3n) is 3.90. The Morgan fingerprint density at radius 1 is 1.26 bits per heavy atom. The number of ether oxygens (including phenoxy) is 1. The molecular weight excluding hydrogens is 292 g/mol. The molecule has 0 aliphatic carbocycles. The number of nitrogens with zero attached hydrogens (tertiary/aromatic N) is 1. The fourth-order valence-electron chi connectivity index (χ4n) is 2.49.